The quantitative estimate of drug-likeness (QED) is 0.613. The van der Waals surface area contributed by atoms with Gasteiger partial charge in [-0.1, -0.05) is 46.4 Å². The van der Waals surface area contributed by atoms with E-state index >= 15 is 0 Å². The second kappa shape index (κ2) is 9.98. The van der Waals surface area contributed by atoms with Gasteiger partial charge in [0.1, 0.15) is 6.54 Å². The first-order valence-electron chi connectivity index (χ1n) is 7.85. The second-order valence-electron chi connectivity index (χ2n) is 5.59. The number of benzene rings is 2. The summed E-state index contributed by atoms with van der Waals surface area (Å²) in [6.45, 7) is 0.940. The molecule has 28 heavy (non-hydrogen) atoms. The van der Waals surface area contributed by atoms with E-state index in [-0.39, 0.29) is 10.6 Å². The topological polar surface area (TPSA) is 84.5 Å². The van der Waals surface area contributed by atoms with Gasteiger partial charge in [-0.15, -0.1) is 0 Å². The smallest absolute Gasteiger partial charge is 0.326 e. The largest absolute Gasteiger partial charge is 0.451 e. The number of esters is 1. The van der Waals surface area contributed by atoms with Crippen LogP contribution in [0.15, 0.2) is 36.4 Å². The van der Waals surface area contributed by atoms with E-state index in [4.69, 9.17) is 51.1 Å². The molecule has 6 nitrogen and oxygen atoms in total. The van der Waals surface area contributed by atoms with E-state index in [0.717, 1.165) is 0 Å². The molecule has 2 N–H and O–H groups in total. The molecule has 2 aromatic rings. The van der Waals surface area contributed by atoms with Crippen LogP contribution in [-0.2, 0) is 14.3 Å². The molecule has 0 aromatic heterocycles. The van der Waals surface area contributed by atoms with Gasteiger partial charge in [0.25, 0.3) is 11.8 Å². The standard InChI is InChI=1S/C18H14Cl4N2O4/c1-9(17(26)24-13-5-11(20)4-12(21)6-13)28-16(25)8-23-18(27)14-3-2-10(19)7-15(14)22/h2-7,9H,8H2,1H3,(H,23,27)(H,24,26)/t9-/m1/s1. The molecule has 10 heteroatoms. The van der Waals surface area contributed by atoms with Crippen molar-refractivity contribution in [3.63, 3.8) is 0 Å². The molecule has 0 unspecified atom stereocenters. The lowest BCUT2D eigenvalue weighted by Gasteiger charge is -2.14. The van der Waals surface area contributed by atoms with Crippen molar-refractivity contribution >= 4 is 69.9 Å². The maximum Gasteiger partial charge on any atom is 0.326 e. The second-order valence-corrected chi connectivity index (χ2v) is 7.30. The molecule has 0 aliphatic rings. The van der Waals surface area contributed by atoms with E-state index in [0.29, 0.717) is 20.8 Å². The Morgan fingerprint density at radius 1 is 0.964 bits per heavy atom. The highest BCUT2D eigenvalue weighted by Crippen LogP contribution is 2.23. The van der Waals surface area contributed by atoms with Gasteiger partial charge in [0, 0.05) is 20.8 Å². The van der Waals surface area contributed by atoms with Crippen molar-refractivity contribution in [2.24, 2.45) is 0 Å². The number of carbonyl (C=O) groups is 3. The Bertz CT molecular complexity index is 900. The summed E-state index contributed by atoms with van der Waals surface area (Å²) >= 11 is 23.4. The Labute approximate surface area is 181 Å². The number of ether oxygens (including phenoxy) is 1. The van der Waals surface area contributed by atoms with Crippen LogP contribution in [0.5, 0.6) is 0 Å². The van der Waals surface area contributed by atoms with Crippen molar-refractivity contribution < 1.29 is 19.1 Å². The van der Waals surface area contributed by atoms with Gasteiger partial charge in [-0.3, -0.25) is 14.4 Å². The summed E-state index contributed by atoms with van der Waals surface area (Å²) in [6.07, 6.45) is -1.11. The van der Waals surface area contributed by atoms with Crippen molar-refractivity contribution in [2.45, 2.75) is 13.0 Å². The minimum Gasteiger partial charge on any atom is -0.451 e. The number of anilines is 1. The molecule has 2 aromatic carbocycles. The monoisotopic (exact) mass is 462 g/mol. The van der Waals surface area contributed by atoms with Gasteiger partial charge in [0.05, 0.1) is 10.6 Å². The number of amides is 2. The van der Waals surface area contributed by atoms with Gasteiger partial charge in [0.2, 0.25) is 0 Å². The summed E-state index contributed by atoms with van der Waals surface area (Å²) in [5, 5.41) is 6.10. The summed E-state index contributed by atoms with van der Waals surface area (Å²) in [5.41, 5.74) is 0.513. The Morgan fingerprint density at radius 3 is 2.21 bits per heavy atom. The van der Waals surface area contributed by atoms with E-state index in [1.165, 1.54) is 43.3 Å². The van der Waals surface area contributed by atoms with Crippen molar-refractivity contribution in [3.05, 3.63) is 62.1 Å². The summed E-state index contributed by atoms with van der Waals surface area (Å²) in [5.74, 6) is -1.96. The van der Waals surface area contributed by atoms with Crippen molar-refractivity contribution in [3.8, 4) is 0 Å². The molecule has 0 radical (unpaired) electrons. The number of carbonyl (C=O) groups excluding carboxylic acids is 3. The van der Waals surface area contributed by atoms with E-state index in [9.17, 15) is 14.4 Å². The molecule has 0 aliphatic carbocycles. The average molecular weight is 464 g/mol. The molecule has 2 rings (SSSR count). The zero-order valence-corrected chi connectivity index (χ0v) is 17.4. The van der Waals surface area contributed by atoms with Crippen LogP contribution in [0, 0.1) is 0 Å². The average Bonchev–Trinajstić information content (AvgIpc) is 2.58. The predicted molar refractivity (Wildman–Crippen MR) is 109 cm³/mol. The SMILES string of the molecule is C[C@@H](OC(=O)CNC(=O)c1ccc(Cl)cc1Cl)C(=O)Nc1cc(Cl)cc(Cl)c1. The van der Waals surface area contributed by atoms with Crippen LogP contribution in [0.2, 0.25) is 20.1 Å². The molecule has 0 fully saturated rings. The molecule has 0 heterocycles. The van der Waals surface area contributed by atoms with Crippen LogP contribution < -0.4 is 10.6 Å². The van der Waals surface area contributed by atoms with Crippen LogP contribution in [-0.4, -0.2) is 30.4 Å². The highest BCUT2D eigenvalue weighted by atomic mass is 35.5. The number of halogens is 4. The van der Waals surface area contributed by atoms with Crippen LogP contribution in [0.1, 0.15) is 17.3 Å². The molecular formula is C18H14Cl4N2O4. The Hall–Kier alpha value is -1.99. The van der Waals surface area contributed by atoms with Gasteiger partial charge in [-0.2, -0.15) is 0 Å². The Morgan fingerprint density at radius 2 is 1.61 bits per heavy atom. The molecule has 2 amide bonds. The minimum absolute atomic E-state index is 0.145. The van der Waals surface area contributed by atoms with Crippen molar-refractivity contribution in [1.82, 2.24) is 5.32 Å². The van der Waals surface area contributed by atoms with Crippen molar-refractivity contribution in [1.29, 1.82) is 0 Å². The maximum absolute atomic E-state index is 12.1. The summed E-state index contributed by atoms with van der Waals surface area (Å²) in [4.78, 5) is 36.1. The lowest BCUT2D eigenvalue weighted by Crippen LogP contribution is -2.35. The van der Waals surface area contributed by atoms with Gasteiger partial charge in [-0.05, 0) is 43.3 Å². The number of hydrogen-bond acceptors (Lipinski definition) is 4. The lowest BCUT2D eigenvalue weighted by molar-refractivity contribution is -0.152. The fourth-order valence-corrected chi connectivity index (χ4v) is 3.10. The first kappa shape index (κ1) is 22.3. The molecule has 1 atom stereocenters. The zero-order valence-electron chi connectivity index (χ0n) is 14.4. The number of rotatable bonds is 6. The highest BCUT2D eigenvalue weighted by molar-refractivity contribution is 6.37. The lowest BCUT2D eigenvalue weighted by atomic mass is 10.2. The third-order valence-electron chi connectivity index (χ3n) is 3.38. The number of hydrogen-bond donors (Lipinski definition) is 2. The molecule has 0 saturated carbocycles. The predicted octanol–water partition coefficient (Wildman–Crippen LogP) is 4.60. The first-order chi connectivity index (χ1) is 13.2. The summed E-state index contributed by atoms with van der Waals surface area (Å²) < 4.78 is 4.99. The third-order valence-corrected chi connectivity index (χ3v) is 4.36. The molecule has 148 valence electrons. The summed E-state index contributed by atoms with van der Waals surface area (Å²) in [7, 11) is 0. The molecule has 0 bridgehead atoms. The molecule has 0 spiro atoms. The first-order valence-corrected chi connectivity index (χ1v) is 9.36. The fraction of sp³-hybridized carbons (Fsp3) is 0.167. The van der Waals surface area contributed by atoms with E-state index < -0.39 is 30.4 Å². The van der Waals surface area contributed by atoms with Gasteiger partial charge >= 0.3 is 5.97 Å². The molecule has 0 saturated heterocycles. The Kier molecular flexibility index (Phi) is 7.95. The van der Waals surface area contributed by atoms with Gasteiger partial charge < -0.3 is 15.4 Å². The Balaban J connectivity index is 1.86. The summed E-state index contributed by atoms with van der Waals surface area (Å²) in [6, 6.07) is 8.83. The molecule has 0 aliphatic heterocycles. The maximum atomic E-state index is 12.1. The van der Waals surface area contributed by atoms with Gasteiger partial charge in [-0.25, -0.2) is 0 Å². The zero-order chi connectivity index (χ0) is 20.8. The van der Waals surface area contributed by atoms with Crippen molar-refractivity contribution in [2.75, 3.05) is 11.9 Å². The normalized spacial score (nSPS) is 11.5. The van der Waals surface area contributed by atoms with Crippen LogP contribution in [0.4, 0.5) is 5.69 Å². The van der Waals surface area contributed by atoms with Gasteiger partial charge in [0.15, 0.2) is 6.10 Å². The molecular weight excluding hydrogens is 450 g/mol. The fourth-order valence-electron chi connectivity index (χ4n) is 2.08. The van der Waals surface area contributed by atoms with E-state index in [1.807, 2.05) is 0 Å². The number of nitrogens with one attached hydrogen (secondary N) is 2. The van der Waals surface area contributed by atoms with Crippen LogP contribution >= 0.6 is 46.4 Å². The van der Waals surface area contributed by atoms with Crippen LogP contribution in [0.25, 0.3) is 0 Å². The van der Waals surface area contributed by atoms with E-state index in [2.05, 4.69) is 10.6 Å². The van der Waals surface area contributed by atoms with E-state index in [1.54, 1.807) is 0 Å². The minimum atomic E-state index is -1.11. The third kappa shape index (κ3) is 6.56. The van der Waals surface area contributed by atoms with Crippen LogP contribution in [0.3, 0.4) is 0 Å². The highest BCUT2D eigenvalue weighted by Gasteiger charge is 2.19.